The Hall–Kier alpha value is -2.18. The first-order chi connectivity index (χ1) is 11.8. The third-order valence-electron chi connectivity index (χ3n) is 4.70. The Labute approximate surface area is 147 Å². The Morgan fingerprint density at radius 1 is 1.20 bits per heavy atom. The molecule has 0 radical (unpaired) electrons. The molecular weight excluding hydrogens is 326 g/mol. The molecular formula is C18H25NO6. The number of Topliss-reactive ketones (excluding diaryl/α,β-unsaturated/α-hetero) is 1. The van der Waals surface area contributed by atoms with E-state index in [0.717, 1.165) is 19.3 Å². The molecule has 1 atom stereocenters. The molecule has 0 saturated carbocycles. The lowest BCUT2D eigenvalue weighted by Crippen LogP contribution is -2.43. The van der Waals surface area contributed by atoms with Crippen LogP contribution >= 0.6 is 0 Å². The lowest BCUT2D eigenvalue weighted by Gasteiger charge is -2.34. The highest BCUT2D eigenvalue weighted by Crippen LogP contribution is 2.41. The number of carbonyl (C=O) groups excluding carboxylic acids is 3. The second-order valence-electron chi connectivity index (χ2n) is 7.05. The van der Waals surface area contributed by atoms with Crippen LogP contribution in [0.3, 0.4) is 0 Å². The summed E-state index contributed by atoms with van der Waals surface area (Å²) in [7, 11) is 2.66. The number of nitrogens with zero attached hydrogens (tertiary/aromatic N) is 1. The number of aryl methyl sites for hydroxylation is 1. The van der Waals surface area contributed by atoms with Gasteiger partial charge in [-0.05, 0) is 24.7 Å². The number of carbonyl (C=O) groups is 3. The molecule has 1 aliphatic carbocycles. The predicted octanol–water partition coefficient (Wildman–Crippen LogP) is 2.50. The fraction of sp³-hybridized carbons (Fsp3) is 0.667. The van der Waals surface area contributed by atoms with Crippen molar-refractivity contribution in [2.45, 2.75) is 52.4 Å². The standard InChI is InChI=1S/C18H25NO6/c1-18(2)10-12-14(16(21)15(18)17(22)24-4)11(19-25-12)8-6-5-7-9-13(20)23-3/h15H,5-10H2,1-4H3. The van der Waals surface area contributed by atoms with Gasteiger partial charge < -0.3 is 14.0 Å². The topological polar surface area (TPSA) is 95.7 Å². The molecule has 7 heteroatoms. The molecule has 7 nitrogen and oxygen atoms in total. The number of rotatable bonds is 7. The van der Waals surface area contributed by atoms with Crippen LogP contribution in [0.25, 0.3) is 0 Å². The Bertz CT molecular complexity index is 661. The minimum Gasteiger partial charge on any atom is -0.469 e. The van der Waals surface area contributed by atoms with Gasteiger partial charge in [0.25, 0.3) is 0 Å². The number of fused-ring (bicyclic) bond motifs is 1. The van der Waals surface area contributed by atoms with E-state index in [1.807, 2.05) is 13.8 Å². The zero-order valence-corrected chi connectivity index (χ0v) is 15.2. The van der Waals surface area contributed by atoms with Gasteiger partial charge in [-0.2, -0.15) is 0 Å². The van der Waals surface area contributed by atoms with Crippen molar-refractivity contribution in [1.82, 2.24) is 5.16 Å². The van der Waals surface area contributed by atoms with Gasteiger partial charge >= 0.3 is 11.9 Å². The molecule has 0 saturated heterocycles. The summed E-state index contributed by atoms with van der Waals surface area (Å²) in [5.41, 5.74) is 0.444. The van der Waals surface area contributed by atoms with E-state index in [9.17, 15) is 14.4 Å². The van der Waals surface area contributed by atoms with Crippen LogP contribution in [-0.4, -0.2) is 37.1 Å². The lowest BCUT2D eigenvalue weighted by molar-refractivity contribution is -0.147. The highest BCUT2D eigenvalue weighted by Gasteiger charge is 2.49. The molecule has 0 spiro atoms. The molecule has 0 aliphatic heterocycles. The van der Waals surface area contributed by atoms with Gasteiger partial charge in [-0.3, -0.25) is 14.4 Å². The number of esters is 2. The molecule has 1 unspecified atom stereocenters. The van der Waals surface area contributed by atoms with Crippen molar-refractivity contribution in [2.75, 3.05) is 14.2 Å². The smallest absolute Gasteiger partial charge is 0.317 e. The van der Waals surface area contributed by atoms with Gasteiger partial charge in [0, 0.05) is 12.8 Å². The van der Waals surface area contributed by atoms with Crippen LogP contribution in [0.2, 0.25) is 0 Å². The van der Waals surface area contributed by atoms with Gasteiger partial charge in [0.05, 0.1) is 25.5 Å². The Balaban J connectivity index is 2.06. The minimum absolute atomic E-state index is 0.225. The fourth-order valence-electron chi connectivity index (χ4n) is 3.33. The Morgan fingerprint density at radius 2 is 1.92 bits per heavy atom. The van der Waals surface area contributed by atoms with Crippen molar-refractivity contribution < 1.29 is 28.4 Å². The average molecular weight is 351 g/mol. The quantitative estimate of drug-likeness (QED) is 0.423. The zero-order chi connectivity index (χ0) is 18.6. The summed E-state index contributed by atoms with van der Waals surface area (Å²) in [5.74, 6) is -1.32. The van der Waals surface area contributed by atoms with Crippen molar-refractivity contribution in [1.29, 1.82) is 0 Å². The summed E-state index contributed by atoms with van der Waals surface area (Å²) in [6, 6.07) is 0. The first-order valence-corrected chi connectivity index (χ1v) is 8.48. The molecule has 0 fully saturated rings. The lowest BCUT2D eigenvalue weighted by atomic mass is 9.67. The SMILES string of the molecule is COC(=O)CCCCCc1noc2c1C(=O)C(C(=O)OC)C(C)(C)C2. The van der Waals surface area contributed by atoms with Gasteiger partial charge in [0.15, 0.2) is 5.78 Å². The number of aromatic nitrogens is 1. The number of ether oxygens (including phenoxy) is 2. The second kappa shape index (κ2) is 7.80. The van der Waals surface area contributed by atoms with Gasteiger partial charge in [-0.15, -0.1) is 0 Å². The largest absolute Gasteiger partial charge is 0.469 e. The molecule has 25 heavy (non-hydrogen) atoms. The zero-order valence-electron chi connectivity index (χ0n) is 15.2. The molecule has 2 rings (SSSR count). The van der Waals surface area contributed by atoms with E-state index in [2.05, 4.69) is 9.89 Å². The Morgan fingerprint density at radius 3 is 2.56 bits per heavy atom. The molecule has 138 valence electrons. The predicted molar refractivity (Wildman–Crippen MR) is 88.0 cm³/mol. The summed E-state index contributed by atoms with van der Waals surface area (Å²) in [6.07, 6.45) is 3.72. The van der Waals surface area contributed by atoms with Crippen LogP contribution in [0.1, 0.15) is 61.3 Å². The van der Waals surface area contributed by atoms with E-state index in [1.165, 1.54) is 14.2 Å². The van der Waals surface area contributed by atoms with E-state index in [0.29, 0.717) is 36.3 Å². The van der Waals surface area contributed by atoms with E-state index >= 15 is 0 Å². The molecule has 1 aliphatic rings. The average Bonchev–Trinajstić information content (AvgIpc) is 2.95. The van der Waals surface area contributed by atoms with Gasteiger partial charge in [0.1, 0.15) is 11.7 Å². The van der Waals surface area contributed by atoms with Crippen molar-refractivity contribution in [3.8, 4) is 0 Å². The van der Waals surface area contributed by atoms with Crippen LogP contribution in [0.5, 0.6) is 0 Å². The first kappa shape index (κ1) is 19.1. The van der Waals surface area contributed by atoms with Crippen molar-refractivity contribution in [3.05, 3.63) is 17.0 Å². The summed E-state index contributed by atoms with van der Waals surface area (Å²) in [4.78, 5) is 36.0. The van der Waals surface area contributed by atoms with Crippen LogP contribution in [0, 0.1) is 11.3 Å². The Kier molecular flexibility index (Phi) is 5.98. The van der Waals surface area contributed by atoms with E-state index in [-0.39, 0.29) is 11.8 Å². The third kappa shape index (κ3) is 4.08. The first-order valence-electron chi connectivity index (χ1n) is 8.48. The van der Waals surface area contributed by atoms with Crippen molar-refractivity contribution >= 4 is 17.7 Å². The number of hydrogen-bond donors (Lipinski definition) is 0. The maximum absolute atomic E-state index is 12.9. The summed E-state index contributed by atoms with van der Waals surface area (Å²) >= 11 is 0. The van der Waals surface area contributed by atoms with Crippen LogP contribution in [0.15, 0.2) is 4.52 Å². The number of unbranched alkanes of at least 4 members (excludes halogenated alkanes) is 2. The molecule has 0 amide bonds. The van der Waals surface area contributed by atoms with Gasteiger partial charge in [-0.1, -0.05) is 25.4 Å². The van der Waals surface area contributed by atoms with Crippen molar-refractivity contribution in [3.63, 3.8) is 0 Å². The van der Waals surface area contributed by atoms with E-state index < -0.39 is 17.3 Å². The summed E-state index contributed by atoms with van der Waals surface area (Å²) in [6.45, 7) is 3.70. The normalized spacial score (nSPS) is 18.6. The van der Waals surface area contributed by atoms with Gasteiger partial charge in [0.2, 0.25) is 0 Å². The van der Waals surface area contributed by atoms with E-state index in [4.69, 9.17) is 9.26 Å². The van der Waals surface area contributed by atoms with Crippen molar-refractivity contribution in [2.24, 2.45) is 11.3 Å². The number of ketones is 1. The highest BCUT2D eigenvalue weighted by atomic mass is 16.5. The van der Waals surface area contributed by atoms with Crippen LogP contribution in [-0.2, 0) is 31.9 Å². The van der Waals surface area contributed by atoms with Crippen LogP contribution in [0.4, 0.5) is 0 Å². The second-order valence-corrected chi connectivity index (χ2v) is 7.05. The number of methoxy groups -OCH3 is 2. The van der Waals surface area contributed by atoms with Crippen LogP contribution < -0.4 is 0 Å². The molecule has 1 aromatic heterocycles. The monoisotopic (exact) mass is 351 g/mol. The summed E-state index contributed by atoms with van der Waals surface area (Å²) in [5, 5.41) is 4.04. The fourth-order valence-corrected chi connectivity index (χ4v) is 3.33. The molecule has 1 heterocycles. The highest BCUT2D eigenvalue weighted by molar-refractivity contribution is 6.11. The number of hydrogen-bond acceptors (Lipinski definition) is 7. The molecule has 0 bridgehead atoms. The van der Waals surface area contributed by atoms with Gasteiger partial charge in [-0.25, -0.2) is 0 Å². The maximum Gasteiger partial charge on any atom is 0.317 e. The minimum atomic E-state index is -0.845. The maximum atomic E-state index is 12.9. The third-order valence-corrected chi connectivity index (χ3v) is 4.70. The molecule has 0 N–H and O–H groups in total. The van der Waals surface area contributed by atoms with E-state index in [1.54, 1.807) is 0 Å². The summed E-state index contributed by atoms with van der Waals surface area (Å²) < 4.78 is 14.8. The molecule has 0 aromatic carbocycles. The molecule has 1 aromatic rings.